The summed E-state index contributed by atoms with van der Waals surface area (Å²) in [5.74, 6) is 0. The molecular weight excluding hydrogens is 893 g/mol. The fraction of sp³-hybridized carbons (Fsp3) is 0. The lowest BCUT2D eigenvalue weighted by molar-refractivity contribution is 1.19. The molecule has 2 heteroatoms. The molecule has 16 aromatic rings. The van der Waals surface area contributed by atoms with Gasteiger partial charge in [0.05, 0.1) is 22.1 Å². The molecule has 0 radical (unpaired) electrons. The van der Waals surface area contributed by atoms with Gasteiger partial charge in [-0.25, -0.2) is 0 Å². The average molecular weight is 939 g/mol. The van der Waals surface area contributed by atoms with Crippen LogP contribution >= 0.6 is 0 Å². The Balaban J connectivity index is 0.000000138. The minimum Gasteiger partial charge on any atom is -0.309 e. The molecule has 0 bridgehead atoms. The van der Waals surface area contributed by atoms with Crippen LogP contribution in [-0.2, 0) is 0 Å². The monoisotopic (exact) mass is 938 g/mol. The van der Waals surface area contributed by atoms with Crippen LogP contribution in [0.15, 0.2) is 279 Å². The van der Waals surface area contributed by atoms with Crippen molar-refractivity contribution in [2.75, 3.05) is 0 Å². The van der Waals surface area contributed by atoms with Gasteiger partial charge in [0.2, 0.25) is 0 Å². The quantitative estimate of drug-likeness (QED) is 0.156. The lowest BCUT2D eigenvalue weighted by atomic mass is 9.94. The SMILES string of the molecule is c1ccc(-c2ccc3c(c2)c2cc(-c4ccccc4)ccc2n3-c2ccc3c4ccccc4c4ccccc4c3c2)cc1.c1ccc2c(c1)c1ccccc1c1cc(-n3c4ccccc4c4ccccc43)ccc21. The molecule has 2 heterocycles. The van der Waals surface area contributed by atoms with Crippen LogP contribution in [0.3, 0.4) is 0 Å². The minimum atomic E-state index is 1.17. The Labute approximate surface area is 427 Å². The van der Waals surface area contributed by atoms with Gasteiger partial charge in [-0.15, -0.1) is 0 Å². The summed E-state index contributed by atoms with van der Waals surface area (Å²) in [5, 5.41) is 20.7. The largest absolute Gasteiger partial charge is 0.309 e. The molecule has 2 nitrogen and oxygen atoms in total. The molecule has 0 N–H and O–H groups in total. The van der Waals surface area contributed by atoms with Crippen LogP contribution in [0.5, 0.6) is 0 Å². The third kappa shape index (κ3) is 6.59. The maximum Gasteiger partial charge on any atom is 0.0541 e. The number of hydrogen-bond donors (Lipinski definition) is 0. The highest BCUT2D eigenvalue weighted by Crippen LogP contribution is 2.42. The summed E-state index contributed by atoms with van der Waals surface area (Å²) in [7, 11) is 0. The van der Waals surface area contributed by atoms with Crippen molar-refractivity contribution in [3.8, 4) is 33.6 Å². The highest BCUT2D eigenvalue weighted by Gasteiger charge is 2.18. The van der Waals surface area contributed by atoms with Crippen molar-refractivity contribution in [1.29, 1.82) is 0 Å². The second kappa shape index (κ2) is 16.9. The molecule has 0 amide bonds. The van der Waals surface area contributed by atoms with E-state index in [-0.39, 0.29) is 0 Å². The Hall–Kier alpha value is -9.76. The first-order valence-corrected chi connectivity index (χ1v) is 25.6. The number of rotatable bonds is 4. The fourth-order valence-corrected chi connectivity index (χ4v) is 12.2. The number of benzene rings is 14. The molecule has 0 fully saturated rings. The van der Waals surface area contributed by atoms with Gasteiger partial charge in [-0.3, -0.25) is 0 Å². The molecule has 0 unspecified atom stereocenters. The molecule has 2 aromatic heterocycles. The number of fused-ring (bicyclic) bond motifs is 18. The maximum atomic E-state index is 2.44. The molecule has 0 aliphatic heterocycles. The first-order valence-electron chi connectivity index (χ1n) is 25.6. The highest BCUT2D eigenvalue weighted by atomic mass is 15.0. The third-order valence-electron chi connectivity index (χ3n) is 15.5. The zero-order valence-corrected chi connectivity index (χ0v) is 40.5. The van der Waals surface area contributed by atoms with Gasteiger partial charge in [-0.05, 0) is 148 Å². The Morgan fingerprint density at radius 3 is 0.770 bits per heavy atom. The Morgan fingerprint density at radius 1 is 0.149 bits per heavy atom. The van der Waals surface area contributed by atoms with Crippen LogP contribution < -0.4 is 0 Å². The van der Waals surface area contributed by atoms with Gasteiger partial charge >= 0.3 is 0 Å². The third-order valence-corrected chi connectivity index (χ3v) is 15.5. The summed E-state index contributed by atoms with van der Waals surface area (Å²) in [6, 6.07) is 102. The van der Waals surface area contributed by atoms with Crippen LogP contribution in [0.4, 0.5) is 0 Å². The van der Waals surface area contributed by atoms with Crippen molar-refractivity contribution in [3.05, 3.63) is 279 Å². The van der Waals surface area contributed by atoms with Crippen LogP contribution in [0.1, 0.15) is 0 Å². The number of hydrogen-bond acceptors (Lipinski definition) is 0. The Kier molecular flexibility index (Phi) is 9.61. The van der Waals surface area contributed by atoms with Crippen molar-refractivity contribution < 1.29 is 0 Å². The van der Waals surface area contributed by atoms with E-state index in [4.69, 9.17) is 0 Å². The fourth-order valence-electron chi connectivity index (χ4n) is 12.2. The molecule has 0 atom stereocenters. The van der Waals surface area contributed by atoms with Crippen LogP contribution in [0.25, 0.3) is 142 Å². The van der Waals surface area contributed by atoms with Gasteiger partial charge in [0.25, 0.3) is 0 Å². The first-order chi connectivity index (χ1) is 36.7. The Morgan fingerprint density at radius 2 is 0.419 bits per heavy atom. The molecule has 16 rings (SSSR count). The normalized spacial score (nSPS) is 11.8. The lowest BCUT2D eigenvalue weighted by Gasteiger charge is -2.14. The van der Waals surface area contributed by atoms with Gasteiger partial charge in [-0.2, -0.15) is 0 Å². The van der Waals surface area contributed by atoms with Crippen molar-refractivity contribution in [3.63, 3.8) is 0 Å². The van der Waals surface area contributed by atoms with E-state index < -0.39 is 0 Å². The van der Waals surface area contributed by atoms with Crippen LogP contribution in [0.2, 0.25) is 0 Å². The molecule has 0 saturated heterocycles. The van der Waals surface area contributed by atoms with Gasteiger partial charge in [0.15, 0.2) is 0 Å². The van der Waals surface area contributed by atoms with Crippen LogP contribution in [0, 0.1) is 0 Å². The molecule has 344 valence electrons. The summed E-state index contributed by atoms with van der Waals surface area (Å²) in [6.45, 7) is 0. The highest BCUT2D eigenvalue weighted by molar-refractivity contribution is 6.27. The van der Waals surface area contributed by atoms with E-state index in [9.17, 15) is 0 Å². The maximum absolute atomic E-state index is 2.44. The predicted octanol–water partition coefficient (Wildman–Crippen LogP) is 19.8. The molecule has 0 saturated carbocycles. The van der Waals surface area contributed by atoms with E-state index in [0.717, 1.165) is 0 Å². The van der Waals surface area contributed by atoms with Gasteiger partial charge in [0.1, 0.15) is 0 Å². The second-order valence-corrected chi connectivity index (χ2v) is 19.5. The van der Waals surface area contributed by atoms with Crippen molar-refractivity contribution in [2.45, 2.75) is 0 Å². The number of para-hydroxylation sites is 2. The van der Waals surface area contributed by atoms with E-state index in [1.807, 2.05) is 0 Å². The van der Waals surface area contributed by atoms with Crippen LogP contribution in [-0.4, -0.2) is 9.13 Å². The number of aromatic nitrogens is 2. The number of nitrogens with zero attached hydrogens (tertiary/aromatic N) is 2. The molecule has 0 aliphatic rings. The van der Waals surface area contributed by atoms with E-state index in [2.05, 4.69) is 288 Å². The van der Waals surface area contributed by atoms with E-state index in [1.165, 1.54) is 142 Å². The zero-order valence-electron chi connectivity index (χ0n) is 40.5. The second-order valence-electron chi connectivity index (χ2n) is 19.5. The smallest absolute Gasteiger partial charge is 0.0541 e. The van der Waals surface area contributed by atoms with Crippen molar-refractivity contribution in [2.24, 2.45) is 0 Å². The predicted molar refractivity (Wildman–Crippen MR) is 317 cm³/mol. The standard InChI is InChI=1S/C42H27N.C30H19N/c1-3-11-28(12-4-1)30-19-23-41-39(25-30)40-26-31(29-13-5-2-6-14-29)20-24-42(40)43(41)32-21-22-37-35-17-8-7-15-33(35)34-16-9-10-18-36(34)38(37)27-32;1-2-11-23-21(9-1)22-10-3-4-12-24(22)28-19-20(17-18-25(23)28)31-29-15-7-5-13-26(29)27-14-6-8-16-30(27)31/h1-27H;1-19H. The van der Waals surface area contributed by atoms with Crippen molar-refractivity contribution >= 4 is 108 Å². The summed E-state index contributed by atoms with van der Waals surface area (Å²) < 4.78 is 4.84. The Bertz CT molecular complexity index is 4660. The first kappa shape index (κ1) is 42.0. The molecule has 14 aromatic carbocycles. The lowest BCUT2D eigenvalue weighted by Crippen LogP contribution is -1.94. The minimum absolute atomic E-state index is 1.17. The van der Waals surface area contributed by atoms with E-state index >= 15 is 0 Å². The molecule has 0 aliphatic carbocycles. The van der Waals surface area contributed by atoms with E-state index in [1.54, 1.807) is 0 Å². The summed E-state index contributed by atoms with van der Waals surface area (Å²) in [5.41, 5.74) is 12.2. The van der Waals surface area contributed by atoms with Gasteiger partial charge < -0.3 is 9.13 Å². The topological polar surface area (TPSA) is 9.86 Å². The summed E-state index contributed by atoms with van der Waals surface area (Å²) in [4.78, 5) is 0. The van der Waals surface area contributed by atoms with Crippen molar-refractivity contribution in [1.82, 2.24) is 9.13 Å². The average Bonchev–Trinajstić information content (AvgIpc) is 4.01. The summed E-state index contributed by atoms with van der Waals surface area (Å²) in [6.07, 6.45) is 0. The summed E-state index contributed by atoms with van der Waals surface area (Å²) >= 11 is 0. The van der Waals surface area contributed by atoms with Gasteiger partial charge in [0, 0.05) is 32.9 Å². The molecule has 0 spiro atoms. The molecule has 74 heavy (non-hydrogen) atoms. The van der Waals surface area contributed by atoms with Gasteiger partial charge in [-0.1, -0.05) is 218 Å². The van der Waals surface area contributed by atoms with E-state index in [0.29, 0.717) is 0 Å². The molecular formula is C72H46N2. The zero-order chi connectivity index (χ0) is 48.7.